The van der Waals surface area contributed by atoms with Crippen LogP contribution in [0.2, 0.25) is 18.1 Å². The largest absolute Gasteiger partial charge is 0.516 e. The first kappa shape index (κ1) is 21.9. The molecule has 134 valence electrons. The van der Waals surface area contributed by atoms with Crippen molar-refractivity contribution in [2.24, 2.45) is 0 Å². The van der Waals surface area contributed by atoms with Gasteiger partial charge in [-0.25, -0.2) is 9.59 Å². The minimum absolute atomic E-state index is 0.304. The van der Waals surface area contributed by atoms with Crippen LogP contribution in [0, 0.1) is 0 Å². The van der Waals surface area contributed by atoms with Crippen LogP contribution in [0.5, 0.6) is 0 Å². The molecule has 0 spiro atoms. The number of esters is 1. The predicted molar refractivity (Wildman–Crippen MR) is 96.7 cm³/mol. The molecule has 0 aliphatic rings. The van der Waals surface area contributed by atoms with E-state index in [1.165, 1.54) is 0 Å². The summed E-state index contributed by atoms with van der Waals surface area (Å²) in [5.41, 5.74) is 0.304. The zero-order valence-corrected chi connectivity index (χ0v) is 16.6. The maximum atomic E-state index is 12.6. The van der Waals surface area contributed by atoms with E-state index in [1.54, 1.807) is 6.92 Å². The van der Waals surface area contributed by atoms with E-state index in [4.69, 9.17) is 9.16 Å². The van der Waals surface area contributed by atoms with Gasteiger partial charge in [-0.2, -0.15) is 0 Å². The van der Waals surface area contributed by atoms with E-state index in [-0.39, 0.29) is 5.97 Å². The number of ether oxygens (including phenoxy) is 1. The van der Waals surface area contributed by atoms with E-state index >= 15 is 0 Å². The number of hydrogen-bond donors (Lipinski definition) is 0. The van der Waals surface area contributed by atoms with E-state index < -0.39 is 20.4 Å². The quantitative estimate of drug-likeness (QED) is 0.285. The third-order valence-corrected chi connectivity index (χ3v) is 8.71. The van der Waals surface area contributed by atoms with Gasteiger partial charge in [-0.3, -0.25) is 0 Å². The fourth-order valence-electron chi connectivity index (χ4n) is 2.89. The molecule has 5 heteroatoms. The summed E-state index contributed by atoms with van der Waals surface area (Å²) in [6.07, 6.45) is 3.50. The van der Waals surface area contributed by atoms with Gasteiger partial charge in [0.15, 0.2) is 6.10 Å². The summed E-state index contributed by atoms with van der Waals surface area (Å²) >= 11 is 0. The van der Waals surface area contributed by atoms with Gasteiger partial charge in [0.05, 0.1) is 0 Å². The Morgan fingerprint density at radius 3 is 1.78 bits per heavy atom. The average Bonchev–Trinajstić information content (AvgIpc) is 2.47. The van der Waals surface area contributed by atoms with E-state index in [0.717, 1.165) is 43.8 Å². The molecule has 1 unspecified atom stereocenters. The highest BCUT2D eigenvalue weighted by Gasteiger charge is 2.38. The lowest BCUT2D eigenvalue weighted by atomic mass is 10.2. The average molecular weight is 343 g/mol. The summed E-state index contributed by atoms with van der Waals surface area (Å²) in [6.45, 7) is 13.5. The molecule has 0 aromatic heterocycles. The van der Waals surface area contributed by atoms with Crippen LogP contribution in [0.3, 0.4) is 0 Å². The van der Waals surface area contributed by atoms with Gasteiger partial charge in [0.2, 0.25) is 0 Å². The predicted octanol–water partition coefficient (Wildman–Crippen LogP) is 4.99. The van der Waals surface area contributed by atoms with Crippen LogP contribution in [0.25, 0.3) is 0 Å². The lowest BCUT2D eigenvalue weighted by molar-refractivity contribution is -0.160. The fraction of sp³-hybridized carbons (Fsp3) is 0.778. The zero-order valence-electron chi connectivity index (χ0n) is 15.6. The van der Waals surface area contributed by atoms with E-state index in [2.05, 4.69) is 27.4 Å². The molecule has 0 aromatic rings. The third kappa shape index (κ3) is 7.82. The monoisotopic (exact) mass is 342 g/mol. The van der Waals surface area contributed by atoms with E-state index in [1.807, 2.05) is 6.92 Å². The summed E-state index contributed by atoms with van der Waals surface area (Å²) in [5.74, 6) is -0.877. The fourth-order valence-corrected chi connectivity index (χ4v) is 7.24. The lowest BCUT2D eigenvalue weighted by Crippen LogP contribution is -2.44. The van der Waals surface area contributed by atoms with Crippen molar-refractivity contribution in [3.05, 3.63) is 12.2 Å². The summed E-state index contributed by atoms with van der Waals surface area (Å²) in [7, 11) is -2.09. The molecule has 0 heterocycles. The van der Waals surface area contributed by atoms with Crippen molar-refractivity contribution in [2.45, 2.75) is 91.0 Å². The highest BCUT2D eigenvalue weighted by atomic mass is 28.4. The van der Waals surface area contributed by atoms with Gasteiger partial charge in [-0.05, 0) is 31.5 Å². The van der Waals surface area contributed by atoms with E-state index in [0.29, 0.717) is 12.0 Å². The van der Waals surface area contributed by atoms with Gasteiger partial charge in [-0.1, -0.05) is 60.0 Å². The lowest BCUT2D eigenvalue weighted by Gasteiger charge is -2.32. The highest BCUT2D eigenvalue weighted by Crippen LogP contribution is 2.28. The molecule has 0 N–H and O–H groups in total. The van der Waals surface area contributed by atoms with Gasteiger partial charge in [0, 0.05) is 5.57 Å². The summed E-state index contributed by atoms with van der Waals surface area (Å²) in [6, 6.07) is 2.94. The van der Waals surface area contributed by atoms with Crippen molar-refractivity contribution in [1.82, 2.24) is 0 Å². The number of rotatable bonds is 12. The molecule has 0 radical (unpaired) electrons. The van der Waals surface area contributed by atoms with Gasteiger partial charge in [-0.15, -0.1) is 0 Å². The SMILES string of the molecule is C=C(C)C(=O)OC(CCC)C(=O)O[Si](CCC)(CCC)CCC. The van der Waals surface area contributed by atoms with Crippen LogP contribution in [0.15, 0.2) is 12.2 Å². The van der Waals surface area contributed by atoms with Gasteiger partial charge in [0.25, 0.3) is 8.32 Å². The number of hydrogen-bond acceptors (Lipinski definition) is 4. The Kier molecular flexibility index (Phi) is 10.9. The Morgan fingerprint density at radius 2 is 1.43 bits per heavy atom. The molecule has 23 heavy (non-hydrogen) atoms. The molecular weight excluding hydrogens is 308 g/mol. The maximum Gasteiger partial charge on any atom is 0.334 e. The number of carbonyl (C=O) groups is 2. The Balaban J connectivity index is 5.13. The van der Waals surface area contributed by atoms with Crippen LogP contribution in [-0.2, 0) is 18.8 Å². The van der Waals surface area contributed by atoms with Gasteiger partial charge >= 0.3 is 11.9 Å². The molecule has 0 aliphatic heterocycles. The smallest absolute Gasteiger partial charge is 0.334 e. The first-order valence-corrected chi connectivity index (χ1v) is 11.5. The second-order valence-electron chi connectivity index (χ2n) is 6.32. The first-order chi connectivity index (χ1) is 10.9. The van der Waals surface area contributed by atoms with E-state index in [9.17, 15) is 9.59 Å². The van der Waals surface area contributed by atoms with Crippen LogP contribution in [0.4, 0.5) is 0 Å². The minimum atomic E-state index is -2.09. The molecule has 0 rings (SSSR count). The van der Waals surface area contributed by atoms with Gasteiger partial charge < -0.3 is 9.16 Å². The second-order valence-corrected chi connectivity index (χ2v) is 10.4. The summed E-state index contributed by atoms with van der Waals surface area (Å²) in [5, 5.41) is 0. The zero-order chi connectivity index (χ0) is 17.9. The molecule has 0 aromatic carbocycles. The Labute approximate surface area is 142 Å². The third-order valence-electron chi connectivity index (χ3n) is 3.85. The van der Waals surface area contributed by atoms with Crippen LogP contribution < -0.4 is 0 Å². The first-order valence-electron chi connectivity index (χ1n) is 8.95. The van der Waals surface area contributed by atoms with Crippen molar-refractivity contribution < 1.29 is 18.8 Å². The molecule has 0 aliphatic carbocycles. The van der Waals surface area contributed by atoms with Gasteiger partial charge in [0.1, 0.15) is 0 Å². The molecule has 0 saturated carbocycles. The topological polar surface area (TPSA) is 52.6 Å². The van der Waals surface area contributed by atoms with Crippen LogP contribution in [0.1, 0.15) is 66.7 Å². The second kappa shape index (κ2) is 11.4. The molecule has 0 bridgehead atoms. The number of carbonyl (C=O) groups excluding carboxylic acids is 2. The minimum Gasteiger partial charge on any atom is -0.516 e. The summed E-state index contributed by atoms with van der Waals surface area (Å²) < 4.78 is 11.4. The van der Waals surface area contributed by atoms with Crippen molar-refractivity contribution in [3.63, 3.8) is 0 Å². The molecule has 1 atom stereocenters. The molecular formula is C18H34O4Si. The highest BCUT2D eigenvalue weighted by molar-refractivity contribution is 6.75. The van der Waals surface area contributed by atoms with Crippen LogP contribution in [-0.4, -0.2) is 26.4 Å². The normalized spacial score (nSPS) is 12.6. The maximum absolute atomic E-state index is 12.6. The van der Waals surface area contributed by atoms with Crippen molar-refractivity contribution >= 4 is 20.3 Å². The Hall–Kier alpha value is -1.10. The van der Waals surface area contributed by atoms with Crippen LogP contribution >= 0.6 is 0 Å². The van der Waals surface area contributed by atoms with Crippen molar-refractivity contribution in [1.29, 1.82) is 0 Å². The van der Waals surface area contributed by atoms with Crippen molar-refractivity contribution in [3.8, 4) is 0 Å². The molecule has 0 fully saturated rings. The molecule has 0 amide bonds. The summed E-state index contributed by atoms with van der Waals surface area (Å²) in [4.78, 5) is 24.4. The molecule has 4 nitrogen and oxygen atoms in total. The standard InChI is InChI=1S/C18H34O4Si/c1-7-11-16(21-17(19)15(5)6)18(20)22-23(12-8-2,13-9-3)14-10-4/h16H,5,7-14H2,1-4,6H3. The van der Waals surface area contributed by atoms with Crippen molar-refractivity contribution in [2.75, 3.05) is 0 Å². The molecule has 0 saturated heterocycles. The Morgan fingerprint density at radius 1 is 0.957 bits per heavy atom. The Bertz CT molecular complexity index is 375.